The quantitative estimate of drug-likeness (QED) is 0.686. The van der Waals surface area contributed by atoms with Gasteiger partial charge in [0.2, 0.25) is 0 Å². The molecule has 2 aliphatic carbocycles. The van der Waals surface area contributed by atoms with Crippen LogP contribution in [-0.2, 0) is 4.79 Å². The summed E-state index contributed by atoms with van der Waals surface area (Å²) in [7, 11) is 0. The molecule has 2 atom stereocenters. The molecule has 0 radical (unpaired) electrons. The van der Waals surface area contributed by atoms with Crippen molar-refractivity contribution in [3.8, 4) is 0 Å². The third-order valence-corrected chi connectivity index (χ3v) is 3.49. The lowest BCUT2D eigenvalue weighted by molar-refractivity contribution is -0.137. The first-order valence-electron chi connectivity index (χ1n) is 5.01. The van der Waals surface area contributed by atoms with Crippen molar-refractivity contribution in [3.63, 3.8) is 0 Å². The highest BCUT2D eigenvalue weighted by atomic mass is 16.4. The first kappa shape index (κ1) is 8.09. The van der Waals surface area contributed by atoms with Gasteiger partial charge in [-0.05, 0) is 30.6 Å². The zero-order valence-electron chi connectivity index (χ0n) is 7.33. The van der Waals surface area contributed by atoms with Crippen LogP contribution in [0.25, 0.3) is 0 Å². The lowest BCUT2D eigenvalue weighted by atomic mass is 10.1. The number of carbonyl (C=O) groups is 1. The van der Waals surface area contributed by atoms with Gasteiger partial charge in [0.25, 0.3) is 0 Å². The Balaban J connectivity index is 1.85. The highest BCUT2D eigenvalue weighted by Crippen LogP contribution is 2.55. The van der Waals surface area contributed by atoms with Crippen molar-refractivity contribution in [1.82, 2.24) is 0 Å². The molecule has 0 aromatic heterocycles. The third kappa shape index (κ3) is 1.47. The number of fused-ring (bicyclic) bond motifs is 1. The molecule has 12 heavy (non-hydrogen) atoms. The minimum Gasteiger partial charge on any atom is -0.481 e. The molecule has 0 aromatic rings. The van der Waals surface area contributed by atoms with Crippen molar-refractivity contribution in [1.29, 1.82) is 0 Å². The SMILES string of the molecule is O=C(O)CC1C2CCCCCC21. The van der Waals surface area contributed by atoms with Gasteiger partial charge in [-0.2, -0.15) is 0 Å². The highest BCUT2D eigenvalue weighted by molar-refractivity contribution is 5.67. The van der Waals surface area contributed by atoms with Crippen molar-refractivity contribution in [3.05, 3.63) is 0 Å². The number of carboxylic acids is 1. The number of hydrogen-bond acceptors (Lipinski definition) is 1. The Labute approximate surface area is 73.0 Å². The Morgan fingerprint density at radius 1 is 1.17 bits per heavy atom. The van der Waals surface area contributed by atoms with Crippen molar-refractivity contribution < 1.29 is 9.90 Å². The molecule has 68 valence electrons. The topological polar surface area (TPSA) is 37.3 Å². The Hall–Kier alpha value is -0.530. The summed E-state index contributed by atoms with van der Waals surface area (Å²) in [6.07, 6.45) is 7.04. The highest BCUT2D eigenvalue weighted by Gasteiger charge is 2.49. The minimum absolute atomic E-state index is 0.426. The molecule has 2 nitrogen and oxygen atoms in total. The lowest BCUT2D eigenvalue weighted by Crippen LogP contribution is -1.98. The van der Waals surface area contributed by atoms with E-state index in [4.69, 9.17) is 5.11 Å². The Morgan fingerprint density at radius 2 is 1.75 bits per heavy atom. The molecule has 2 rings (SSSR count). The van der Waals surface area contributed by atoms with Gasteiger partial charge in [0.1, 0.15) is 0 Å². The van der Waals surface area contributed by atoms with Crippen LogP contribution in [0.3, 0.4) is 0 Å². The number of aliphatic carboxylic acids is 1. The first-order valence-corrected chi connectivity index (χ1v) is 5.01. The molecule has 0 spiro atoms. The van der Waals surface area contributed by atoms with Crippen molar-refractivity contribution >= 4 is 5.97 Å². The zero-order valence-corrected chi connectivity index (χ0v) is 7.33. The average Bonchev–Trinajstić information content (AvgIpc) is 2.66. The van der Waals surface area contributed by atoms with E-state index in [0.717, 1.165) is 11.8 Å². The van der Waals surface area contributed by atoms with Crippen LogP contribution >= 0.6 is 0 Å². The number of carboxylic acid groups (broad SMARTS) is 1. The molecule has 0 amide bonds. The van der Waals surface area contributed by atoms with E-state index in [1.165, 1.54) is 32.1 Å². The Kier molecular flexibility index (Phi) is 2.07. The van der Waals surface area contributed by atoms with Crippen LogP contribution in [-0.4, -0.2) is 11.1 Å². The van der Waals surface area contributed by atoms with Crippen molar-refractivity contribution in [2.75, 3.05) is 0 Å². The van der Waals surface area contributed by atoms with E-state index < -0.39 is 5.97 Å². The standard InChI is InChI=1S/C10H16O2/c11-10(12)6-9-7-4-2-1-3-5-8(7)9/h7-9H,1-6H2,(H,11,12). The van der Waals surface area contributed by atoms with Crippen LogP contribution in [0.15, 0.2) is 0 Å². The molecule has 0 aromatic carbocycles. The Bertz CT molecular complexity index is 176. The molecule has 0 saturated heterocycles. The van der Waals surface area contributed by atoms with Crippen LogP contribution in [0.5, 0.6) is 0 Å². The van der Waals surface area contributed by atoms with E-state index in [0.29, 0.717) is 12.3 Å². The molecule has 2 aliphatic rings. The van der Waals surface area contributed by atoms with E-state index in [1.54, 1.807) is 0 Å². The fourth-order valence-corrected chi connectivity index (χ4v) is 2.82. The molecular formula is C10H16O2. The molecule has 1 N–H and O–H groups in total. The summed E-state index contributed by atoms with van der Waals surface area (Å²) in [5.74, 6) is 1.50. The van der Waals surface area contributed by atoms with Gasteiger partial charge in [0, 0.05) is 6.42 Å². The molecule has 0 aliphatic heterocycles. The molecule has 2 saturated carbocycles. The summed E-state index contributed by atoms with van der Waals surface area (Å²) in [5, 5.41) is 8.64. The third-order valence-electron chi connectivity index (χ3n) is 3.49. The van der Waals surface area contributed by atoms with Gasteiger partial charge in [-0.25, -0.2) is 0 Å². The van der Waals surface area contributed by atoms with Gasteiger partial charge in [-0.3, -0.25) is 4.79 Å². The van der Waals surface area contributed by atoms with Crippen LogP contribution in [0.2, 0.25) is 0 Å². The van der Waals surface area contributed by atoms with E-state index in [1.807, 2.05) is 0 Å². The summed E-state index contributed by atoms with van der Waals surface area (Å²) < 4.78 is 0. The molecular weight excluding hydrogens is 152 g/mol. The smallest absolute Gasteiger partial charge is 0.303 e. The van der Waals surface area contributed by atoms with Crippen LogP contribution in [0, 0.1) is 17.8 Å². The van der Waals surface area contributed by atoms with Gasteiger partial charge in [-0.15, -0.1) is 0 Å². The van der Waals surface area contributed by atoms with Gasteiger partial charge in [0.15, 0.2) is 0 Å². The van der Waals surface area contributed by atoms with Gasteiger partial charge < -0.3 is 5.11 Å². The maximum atomic E-state index is 10.5. The lowest BCUT2D eigenvalue weighted by Gasteiger charge is -1.98. The van der Waals surface area contributed by atoms with Crippen molar-refractivity contribution in [2.24, 2.45) is 17.8 Å². The molecule has 2 unspecified atom stereocenters. The summed E-state index contributed by atoms with van der Waals surface area (Å²) in [5.41, 5.74) is 0. The Morgan fingerprint density at radius 3 is 2.25 bits per heavy atom. The average molecular weight is 168 g/mol. The van der Waals surface area contributed by atoms with E-state index in [-0.39, 0.29) is 0 Å². The summed E-state index contributed by atoms with van der Waals surface area (Å²) in [6.45, 7) is 0. The first-order chi connectivity index (χ1) is 5.79. The van der Waals surface area contributed by atoms with Gasteiger partial charge in [-0.1, -0.05) is 19.3 Å². The predicted octanol–water partition coefficient (Wildman–Crippen LogP) is 2.29. The second kappa shape index (κ2) is 3.08. The van der Waals surface area contributed by atoms with E-state index >= 15 is 0 Å². The minimum atomic E-state index is -0.604. The predicted molar refractivity (Wildman–Crippen MR) is 45.8 cm³/mol. The van der Waals surface area contributed by atoms with Crippen LogP contribution in [0.4, 0.5) is 0 Å². The number of hydrogen-bond donors (Lipinski definition) is 1. The largest absolute Gasteiger partial charge is 0.481 e. The fourth-order valence-electron chi connectivity index (χ4n) is 2.82. The summed E-state index contributed by atoms with van der Waals surface area (Å²) in [6, 6.07) is 0. The maximum absolute atomic E-state index is 10.5. The molecule has 0 bridgehead atoms. The molecule has 0 heterocycles. The van der Waals surface area contributed by atoms with Gasteiger partial charge in [0.05, 0.1) is 0 Å². The summed E-state index contributed by atoms with van der Waals surface area (Å²) in [4.78, 5) is 10.5. The van der Waals surface area contributed by atoms with Crippen LogP contribution < -0.4 is 0 Å². The van der Waals surface area contributed by atoms with E-state index in [9.17, 15) is 4.79 Å². The molecule has 2 fully saturated rings. The normalized spacial score (nSPS) is 39.8. The fraction of sp³-hybridized carbons (Fsp3) is 0.900. The maximum Gasteiger partial charge on any atom is 0.303 e. The summed E-state index contributed by atoms with van der Waals surface area (Å²) >= 11 is 0. The number of rotatable bonds is 2. The second-order valence-electron chi connectivity index (χ2n) is 4.23. The second-order valence-corrected chi connectivity index (χ2v) is 4.23. The monoisotopic (exact) mass is 168 g/mol. The molecule has 2 heteroatoms. The van der Waals surface area contributed by atoms with Crippen molar-refractivity contribution in [2.45, 2.75) is 38.5 Å². The van der Waals surface area contributed by atoms with Crippen LogP contribution in [0.1, 0.15) is 38.5 Å². The zero-order chi connectivity index (χ0) is 8.55. The van der Waals surface area contributed by atoms with Gasteiger partial charge >= 0.3 is 5.97 Å². The van der Waals surface area contributed by atoms with E-state index in [2.05, 4.69) is 0 Å².